The number of methoxy groups -OCH3 is 2. The second-order valence-corrected chi connectivity index (χ2v) is 17.5. The zero-order valence-corrected chi connectivity index (χ0v) is 35.7. The molecule has 1 N–H and O–H groups in total. The minimum absolute atomic E-state index is 0. The van der Waals surface area contributed by atoms with Gasteiger partial charge in [-0.15, -0.1) is 12.4 Å². The van der Waals surface area contributed by atoms with Gasteiger partial charge in [-0.3, -0.25) is 24.6 Å². The molecule has 0 bridgehead atoms. The lowest BCUT2D eigenvalue weighted by molar-refractivity contribution is -0.384. The molecule has 2 saturated heterocycles. The van der Waals surface area contributed by atoms with E-state index in [2.05, 4.69) is 10.1 Å². The van der Waals surface area contributed by atoms with E-state index < -0.39 is 33.2 Å². The third kappa shape index (κ3) is 11.9. The van der Waals surface area contributed by atoms with Gasteiger partial charge in [0.25, 0.3) is 15.8 Å². The molecule has 4 aliphatic heterocycles. The number of esters is 2. The van der Waals surface area contributed by atoms with Gasteiger partial charge in [-0.2, -0.15) is 8.42 Å². The molecular weight excluding hydrogens is 877 g/mol. The highest BCUT2D eigenvalue weighted by Crippen LogP contribution is 2.39. The first-order valence-electron chi connectivity index (χ1n) is 17.3. The van der Waals surface area contributed by atoms with Crippen LogP contribution in [0, 0.1) is 10.1 Å². The summed E-state index contributed by atoms with van der Waals surface area (Å²) in [5.41, 5.74) is 2.95. The van der Waals surface area contributed by atoms with Crippen LogP contribution in [-0.2, 0) is 43.0 Å². The molecule has 20 heteroatoms. The third-order valence-corrected chi connectivity index (χ3v) is 13.4. The summed E-state index contributed by atoms with van der Waals surface area (Å²) in [4.78, 5) is 58.3. The van der Waals surface area contributed by atoms with E-state index >= 15 is 0 Å². The van der Waals surface area contributed by atoms with Crippen molar-refractivity contribution in [2.75, 3.05) is 40.4 Å². The van der Waals surface area contributed by atoms with Crippen molar-refractivity contribution in [3.05, 3.63) is 127 Å². The number of likely N-dealkylation sites (tertiary alicyclic amines) is 1. The van der Waals surface area contributed by atoms with E-state index in [9.17, 15) is 37.7 Å². The van der Waals surface area contributed by atoms with Gasteiger partial charge in [0.1, 0.15) is 6.04 Å². The molecule has 0 saturated carbocycles. The Morgan fingerprint density at radius 2 is 1.40 bits per heavy atom. The fraction of sp³-hybridized carbons (Fsp3) is 0.316. The van der Waals surface area contributed by atoms with Crippen molar-refractivity contribution in [3.63, 3.8) is 0 Å². The summed E-state index contributed by atoms with van der Waals surface area (Å²) in [5.74, 6) is -1.29. The monoisotopic (exact) mass is 913 g/mol. The van der Waals surface area contributed by atoms with Crippen molar-refractivity contribution >= 4 is 97.1 Å². The highest BCUT2D eigenvalue weighted by atomic mass is 35.5. The van der Waals surface area contributed by atoms with E-state index in [1.54, 1.807) is 30.4 Å². The van der Waals surface area contributed by atoms with Gasteiger partial charge in [-0.25, -0.2) is 13.8 Å². The molecule has 0 aliphatic carbocycles. The number of nitro groups is 1. The fourth-order valence-corrected chi connectivity index (χ4v) is 9.83. The van der Waals surface area contributed by atoms with Gasteiger partial charge in [-0.1, -0.05) is 83.1 Å². The standard InChI is InChI=1S/C16H16ClNO3S.C15H12ClNO7S.C7H9NOS.ClH/c1-21-16(20)15(11-4-2-3-5-12(11)17)18-7-6-13-10(9-18)8-14(19)22-13;1-23-15(18)14(12-4-2-3-5-13(12)16)24-25(21,22)11-8-6-10(7-9-11)17(19)20;9-7-3-5-4-8-2-1-6(5)10-7;/h2-5,8,13,15H,6-7,9H2,1H3;2-9,14H,1H3;3,6,8H,1-2,4H2;1H/t13?,15-;;;/m0.../s1. The number of hydrogen-bond acceptors (Lipinski definition) is 15. The number of rotatable bonds is 9. The van der Waals surface area contributed by atoms with Crippen LogP contribution in [0.2, 0.25) is 10.0 Å². The van der Waals surface area contributed by atoms with Crippen LogP contribution in [0.3, 0.4) is 0 Å². The number of benzene rings is 3. The van der Waals surface area contributed by atoms with Gasteiger partial charge in [0.15, 0.2) is 0 Å². The van der Waals surface area contributed by atoms with E-state index in [0.29, 0.717) is 16.8 Å². The summed E-state index contributed by atoms with van der Waals surface area (Å²) in [6.07, 6.45) is 3.82. The number of fused-ring (bicyclic) bond motifs is 2. The minimum Gasteiger partial charge on any atom is -0.468 e. The molecular formula is C38H38Cl3N3O11S3. The maximum Gasteiger partial charge on any atom is 0.341 e. The number of halogens is 3. The number of hydrogen-bond donors (Lipinski definition) is 1. The molecule has 4 heterocycles. The number of carbonyl (C=O) groups is 4. The Kier molecular flexibility index (Phi) is 17.4. The molecule has 0 amide bonds. The maximum atomic E-state index is 12.4. The average Bonchev–Trinajstić information content (AvgIpc) is 3.78. The van der Waals surface area contributed by atoms with E-state index in [1.165, 1.54) is 48.3 Å². The van der Waals surface area contributed by atoms with E-state index in [1.807, 2.05) is 23.1 Å². The maximum absolute atomic E-state index is 12.4. The summed E-state index contributed by atoms with van der Waals surface area (Å²) in [7, 11) is -1.94. The first-order chi connectivity index (χ1) is 27.2. The molecule has 3 unspecified atom stereocenters. The number of thioether (sulfide) groups is 2. The van der Waals surface area contributed by atoms with Crippen molar-refractivity contribution in [3.8, 4) is 0 Å². The predicted molar refractivity (Wildman–Crippen MR) is 224 cm³/mol. The third-order valence-electron chi connectivity index (χ3n) is 9.08. The first kappa shape index (κ1) is 46.9. The van der Waals surface area contributed by atoms with Gasteiger partial charge in [0.05, 0.1) is 24.0 Å². The number of nitrogens with one attached hydrogen (secondary N) is 1. The lowest BCUT2D eigenvalue weighted by Crippen LogP contribution is -2.42. The fourth-order valence-electron chi connectivity index (χ4n) is 6.28. The van der Waals surface area contributed by atoms with E-state index in [-0.39, 0.29) is 55.0 Å². The van der Waals surface area contributed by atoms with Crippen molar-refractivity contribution in [2.45, 2.75) is 40.4 Å². The number of non-ortho nitro benzene ring substituents is 1. The molecule has 4 aliphatic rings. The number of nitrogens with zero attached hydrogens (tertiary/aromatic N) is 2. The Labute approximate surface area is 359 Å². The van der Waals surface area contributed by atoms with Crippen molar-refractivity contribution in [1.82, 2.24) is 10.2 Å². The van der Waals surface area contributed by atoms with Crippen molar-refractivity contribution in [2.24, 2.45) is 0 Å². The van der Waals surface area contributed by atoms with E-state index in [0.717, 1.165) is 75.0 Å². The zero-order valence-electron chi connectivity index (χ0n) is 30.9. The summed E-state index contributed by atoms with van der Waals surface area (Å²) >= 11 is 15.1. The molecule has 0 aromatic heterocycles. The summed E-state index contributed by atoms with van der Waals surface area (Å²) in [6, 6.07) is 16.9. The Bertz CT molecular complexity index is 2190. The SMILES string of the molecule is COC(=O)C(OS(=O)(=O)c1ccc([N+](=O)[O-])cc1)c1ccccc1Cl.COC(=O)[C@H](c1ccccc1Cl)N1CCC2SC(=O)C=C2C1.Cl.O=C1C=C2CNCCC2S1. The molecule has 2 fully saturated rings. The lowest BCUT2D eigenvalue weighted by Gasteiger charge is -2.36. The molecule has 310 valence electrons. The second kappa shape index (κ2) is 21.5. The van der Waals surface area contributed by atoms with Gasteiger partial charge < -0.3 is 14.8 Å². The van der Waals surface area contributed by atoms with Crippen molar-refractivity contribution < 1.29 is 46.2 Å². The number of ether oxygens (including phenoxy) is 2. The highest BCUT2D eigenvalue weighted by molar-refractivity contribution is 8.15. The van der Waals surface area contributed by atoms with Crippen molar-refractivity contribution in [1.29, 1.82) is 0 Å². The summed E-state index contributed by atoms with van der Waals surface area (Å²) in [5, 5.41) is 15.7. The Balaban J connectivity index is 0.000000205. The molecule has 0 spiro atoms. The molecule has 0 radical (unpaired) electrons. The minimum atomic E-state index is -4.40. The van der Waals surface area contributed by atoms with Gasteiger partial charge in [0.2, 0.25) is 16.3 Å². The molecule has 3 aromatic carbocycles. The Morgan fingerprint density at radius 1 is 0.845 bits per heavy atom. The van der Waals surface area contributed by atoms with Gasteiger partial charge >= 0.3 is 11.9 Å². The topological polar surface area (TPSA) is 189 Å². The quantitative estimate of drug-likeness (QED) is 0.104. The van der Waals surface area contributed by atoms with Crippen LogP contribution in [0.1, 0.15) is 36.1 Å². The molecule has 4 atom stereocenters. The molecule has 3 aromatic rings. The first-order valence-corrected chi connectivity index (χ1v) is 21.2. The van der Waals surface area contributed by atoms with Gasteiger partial charge in [0, 0.05) is 57.9 Å². The van der Waals surface area contributed by atoms with Crippen LogP contribution in [-0.4, -0.2) is 91.3 Å². The van der Waals surface area contributed by atoms with Gasteiger partial charge in [-0.05, 0) is 72.5 Å². The van der Waals surface area contributed by atoms with Crippen LogP contribution in [0.5, 0.6) is 0 Å². The zero-order chi connectivity index (χ0) is 41.3. The van der Waals surface area contributed by atoms with Crippen LogP contribution >= 0.6 is 59.1 Å². The van der Waals surface area contributed by atoms with Crippen LogP contribution in [0.4, 0.5) is 5.69 Å². The summed E-state index contributed by atoms with van der Waals surface area (Å²) in [6.45, 7) is 3.30. The largest absolute Gasteiger partial charge is 0.468 e. The highest BCUT2D eigenvalue weighted by Gasteiger charge is 2.38. The smallest absolute Gasteiger partial charge is 0.341 e. The molecule has 58 heavy (non-hydrogen) atoms. The number of nitro benzene ring substituents is 1. The normalized spacial score (nSPS) is 19.5. The number of carbonyl (C=O) groups excluding carboxylic acids is 4. The van der Waals surface area contributed by atoms with Crippen LogP contribution in [0.15, 0.2) is 101 Å². The van der Waals surface area contributed by atoms with E-state index in [4.69, 9.17) is 32.1 Å². The Hall–Kier alpha value is -3.78. The Morgan fingerprint density at radius 3 is 1.95 bits per heavy atom. The predicted octanol–water partition coefficient (Wildman–Crippen LogP) is 6.67. The summed E-state index contributed by atoms with van der Waals surface area (Å²) < 4.78 is 39.3. The van der Waals surface area contributed by atoms with Crippen LogP contribution < -0.4 is 5.32 Å². The molecule has 14 nitrogen and oxygen atoms in total. The molecule has 7 rings (SSSR count). The van der Waals surface area contributed by atoms with Crippen LogP contribution in [0.25, 0.3) is 0 Å². The second-order valence-electron chi connectivity index (χ2n) is 12.7. The average molecular weight is 915 g/mol. The number of piperidine rings is 2. The lowest BCUT2D eigenvalue weighted by atomic mass is 9.98.